The minimum atomic E-state index is -4.13. The van der Waals surface area contributed by atoms with Gasteiger partial charge in [-0.1, -0.05) is 69.3 Å². The molecule has 8 nitrogen and oxygen atoms in total. The highest BCUT2D eigenvalue weighted by Gasteiger charge is 2.33. The van der Waals surface area contributed by atoms with Crippen LogP contribution in [0, 0.1) is 5.92 Å². The molecular formula is C31H39N3O5S. The maximum absolute atomic E-state index is 14.0. The van der Waals surface area contributed by atoms with Crippen molar-refractivity contribution in [3.63, 3.8) is 0 Å². The molecule has 1 N–H and O–H groups in total. The summed E-state index contributed by atoms with van der Waals surface area (Å²) < 4.78 is 34.4. The number of hydrogen-bond donors (Lipinski definition) is 1. The summed E-state index contributed by atoms with van der Waals surface area (Å²) in [5, 5.41) is 2.93. The van der Waals surface area contributed by atoms with Gasteiger partial charge in [0.05, 0.1) is 17.2 Å². The van der Waals surface area contributed by atoms with Gasteiger partial charge in [-0.25, -0.2) is 8.42 Å². The van der Waals surface area contributed by atoms with Gasteiger partial charge in [-0.05, 0) is 61.2 Å². The molecule has 0 aliphatic carbocycles. The molecule has 2 amide bonds. The molecule has 214 valence electrons. The predicted molar refractivity (Wildman–Crippen MR) is 158 cm³/mol. The van der Waals surface area contributed by atoms with Gasteiger partial charge in [0.2, 0.25) is 11.8 Å². The Kier molecular flexibility index (Phi) is 11.1. The van der Waals surface area contributed by atoms with Gasteiger partial charge < -0.3 is 15.0 Å². The normalized spacial score (nSPS) is 12.0. The van der Waals surface area contributed by atoms with Crippen LogP contribution >= 0.6 is 0 Å². The number of rotatable bonds is 14. The summed E-state index contributed by atoms with van der Waals surface area (Å²) in [5.74, 6) is 0.0541. The Hall–Kier alpha value is -3.85. The lowest BCUT2D eigenvalue weighted by atomic mass is 10.1. The minimum Gasteiger partial charge on any atom is -0.494 e. The van der Waals surface area contributed by atoms with Crippen molar-refractivity contribution in [1.82, 2.24) is 10.2 Å². The van der Waals surface area contributed by atoms with E-state index in [-0.39, 0.29) is 23.3 Å². The van der Waals surface area contributed by atoms with Crippen LogP contribution in [-0.2, 0) is 26.2 Å². The number of benzene rings is 3. The predicted octanol–water partition coefficient (Wildman–Crippen LogP) is 4.86. The van der Waals surface area contributed by atoms with E-state index in [1.54, 1.807) is 42.5 Å². The molecule has 0 radical (unpaired) electrons. The van der Waals surface area contributed by atoms with Crippen LogP contribution in [0.15, 0.2) is 89.8 Å². The lowest BCUT2D eigenvalue weighted by molar-refractivity contribution is -0.140. The Morgan fingerprint density at radius 3 is 2.02 bits per heavy atom. The minimum absolute atomic E-state index is 0.0314. The molecule has 0 saturated heterocycles. The second-order valence-corrected chi connectivity index (χ2v) is 11.7. The first-order valence-corrected chi connectivity index (χ1v) is 15.0. The average Bonchev–Trinajstić information content (AvgIpc) is 2.96. The first-order valence-electron chi connectivity index (χ1n) is 13.6. The van der Waals surface area contributed by atoms with Gasteiger partial charge in [-0.3, -0.25) is 13.9 Å². The molecule has 1 atom stereocenters. The molecule has 0 aliphatic rings. The number of hydrogen-bond acceptors (Lipinski definition) is 5. The fourth-order valence-electron chi connectivity index (χ4n) is 4.25. The number of anilines is 1. The summed E-state index contributed by atoms with van der Waals surface area (Å²) >= 11 is 0. The third-order valence-electron chi connectivity index (χ3n) is 6.31. The van der Waals surface area contributed by atoms with Gasteiger partial charge in [0.25, 0.3) is 10.0 Å². The Morgan fingerprint density at radius 1 is 0.875 bits per heavy atom. The van der Waals surface area contributed by atoms with E-state index in [2.05, 4.69) is 5.32 Å². The number of nitrogens with zero attached hydrogens (tertiary/aromatic N) is 2. The first-order chi connectivity index (χ1) is 19.2. The van der Waals surface area contributed by atoms with Crippen molar-refractivity contribution < 1.29 is 22.7 Å². The molecule has 0 heterocycles. The van der Waals surface area contributed by atoms with Gasteiger partial charge in [-0.2, -0.15) is 0 Å². The molecule has 0 fully saturated rings. The molecule has 1 unspecified atom stereocenters. The van der Waals surface area contributed by atoms with Gasteiger partial charge in [0.1, 0.15) is 18.3 Å². The van der Waals surface area contributed by atoms with Crippen LogP contribution in [0.1, 0.15) is 39.7 Å². The van der Waals surface area contributed by atoms with Crippen molar-refractivity contribution >= 4 is 27.5 Å². The maximum atomic E-state index is 14.0. The van der Waals surface area contributed by atoms with Crippen LogP contribution in [0.5, 0.6) is 5.75 Å². The number of carbonyl (C=O) groups is 2. The fourth-order valence-corrected chi connectivity index (χ4v) is 5.66. The summed E-state index contributed by atoms with van der Waals surface area (Å²) in [7, 11) is -4.13. The lowest BCUT2D eigenvalue weighted by Crippen LogP contribution is -2.52. The molecule has 0 aromatic heterocycles. The summed E-state index contributed by atoms with van der Waals surface area (Å²) in [5.41, 5.74) is 1.19. The van der Waals surface area contributed by atoms with Crippen LogP contribution in [0.4, 0.5) is 5.69 Å². The van der Waals surface area contributed by atoms with Gasteiger partial charge >= 0.3 is 0 Å². The van der Waals surface area contributed by atoms with E-state index in [1.807, 2.05) is 58.0 Å². The van der Waals surface area contributed by atoms with Crippen molar-refractivity contribution in [1.29, 1.82) is 0 Å². The van der Waals surface area contributed by atoms with E-state index < -0.39 is 28.5 Å². The SMILES string of the molecule is CCOc1ccc(S(=O)(=O)N(CC(=O)N(Cc2ccccc2)C(CC)C(=O)NCC(C)C)c2ccccc2)cc1. The Labute approximate surface area is 238 Å². The third-order valence-corrected chi connectivity index (χ3v) is 8.10. The van der Waals surface area contributed by atoms with E-state index >= 15 is 0 Å². The highest BCUT2D eigenvalue weighted by Crippen LogP contribution is 2.26. The molecule has 0 saturated carbocycles. The van der Waals surface area contributed by atoms with Crippen molar-refractivity contribution in [2.45, 2.75) is 51.6 Å². The van der Waals surface area contributed by atoms with Crippen LogP contribution in [0.2, 0.25) is 0 Å². The van der Waals surface area contributed by atoms with Crippen LogP contribution in [0.3, 0.4) is 0 Å². The van der Waals surface area contributed by atoms with Gasteiger partial charge in [0, 0.05) is 13.1 Å². The molecule has 3 aromatic carbocycles. The van der Waals surface area contributed by atoms with Gasteiger partial charge in [-0.15, -0.1) is 0 Å². The zero-order valence-electron chi connectivity index (χ0n) is 23.6. The fraction of sp³-hybridized carbons (Fsp3) is 0.355. The number of nitrogens with one attached hydrogen (secondary N) is 1. The van der Waals surface area contributed by atoms with E-state index in [1.165, 1.54) is 17.0 Å². The van der Waals surface area contributed by atoms with E-state index in [0.29, 0.717) is 31.0 Å². The Bertz CT molecular complexity index is 1330. The highest BCUT2D eigenvalue weighted by molar-refractivity contribution is 7.92. The summed E-state index contributed by atoms with van der Waals surface area (Å²) in [6, 6.07) is 23.2. The number of sulfonamides is 1. The molecule has 3 aromatic rings. The molecule has 40 heavy (non-hydrogen) atoms. The Morgan fingerprint density at radius 2 is 1.48 bits per heavy atom. The van der Waals surface area contributed by atoms with Crippen LogP contribution < -0.4 is 14.4 Å². The Balaban J connectivity index is 1.99. The first kappa shape index (κ1) is 30.7. The topological polar surface area (TPSA) is 96.0 Å². The second-order valence-electron chi connectivity index (χ2n) is 9.82. The van der Waals surface area contributed by atoms with Crippen molar-refractivity contribution in [2.24, 2.45) is 5.92 Å². The molecule has 0 aliphatic heterocycles. The van der Waals surface area contributed by atoms with E-state index in [0.717, 1.165) is 9.87 Å². The summed E-state index contributed by atoms with van der Waals surface area (Å²) in [6.45, 7) is 8.31. The zero-order valence-corrected chi connectivity index (χ0v) is 24.4. The van der Waals surface area contributed by atoms with Crippen molar-refractivity contribution in [2.75, 3.05) is 24.0 Å². The van der Waals surface area contributed by atoms with Crippen molar-refractivity contribution in [3.05, 3.63) is 90.5 Å². The molecule has 3 rings (SSSR count). The van der Waals surface area contributed by atoms with Gasteiger partial charge in [0.15, 0.2) is 0 Å². The molecule has 0 spiro atoms. The number of amides is 2. The van der Waals surface area contributed by atoms with Crippen LogP contribution in [0.25, 0.3) is 0 Å². The smallest absolute Gasteiger partial charge is 0.264 e. The summed E-state index contributed by atoms with van der Waals surface area (Å²) in [6.07, 6.45) is 0.374. The van der Waals surface area contributed by atoms with Crippen LogP contribution in [-0.4, -0.2) is 50.9 Å². The van der Waals surface area contributed by atoms with E-state index in [4.69, 9.17) is 4.74 Å². The number of carbonyl (C=O) groups excluding carboxylic acids is 2. The third kappa shape index (κ3) is 8.08. The van der Waals surface area contributed by atoms with Crippen molar-refractivity contribution in [3.8, 4) is 5.75 Å². The molecule has 0 bridgehead atoms. The molecular weight excluding hydrogens is 526 g/mol. The number of ether oxygens (including phenoxy) is 1. The molecule has 9 heteroatoms. The highest BCUT2D eigenvalue weighted by atomic mass is 32.2. The number of para-hydroxylation sites is 1. The second kappa shape index (κ2) is 14.5. The monoisotopic (exact) mass is 565 g/mol. The maximum Gasteiger partial charge on any atom is 0.264 e. The van der Waals surface area contributed by atoms with E-state index in [9.17, 15) is 18.0 Å². The summed E-state index contributed by atoms with van der Waals surface area (Å²) in [4.78, 5) is 28.7. The standard InChI is InChI=1S/C31H39N3O5S/c1-5-29(31(36)32-21-24(3)4)33(22-25-13-9-7-10-14-25)30(35)23-34(26-15-11-8-12-16-26)40(37,38)28-19-17-27(18-20-28)39-6-2/h7-20,24,29H,5-6,21-23H2,1-4H3,(H,32,36). The zero-order chi connectivity index (χ0) is 29.1. The largest absolute Gasteiger partial charge is 0.494 e. The quantitative estimate of drug-likeness (QED) is 0.301. The average molecular weight is 566 g/mol. The lowest BCUT2D eigenvalue weighted by Gasteiger charge is -2.33.